The average molecular weight is 238 g/mol. The number of hydrogen-bond acceptors (Lipinski definition) is 4. The molecule has 2 aromatic heterocycles. The first-order chi connectivity index (χ1) is 7.29. The van der Waals surface area contributed by atoms with Gasteiger partial charge >= 0.3 is 0 Å². The predicted octanol–water partition coefficient (Wildman–Crippen LogP) is 4.08. The van der Waals surface area contributed by atoms with Crippen molar-refractivity contribution in [1.29, 1.82) is 0 Å². The van der Waals surface area contributed by atoms with Gasteiger partial charge in [-0.15, -0.1) is 22.7 Å². The molecule has 0 fully saturated rings. The largest absolute Gasteiger partial charge is 0.354 e. The molecule has 15 heavy (non-hydrogen) atoms. The van der Waals surface area contributed by atoms with Crippen LogP contribution in [0.4, 0.5) is 5.13 Å². The van der Waals surface area contributed by atoms with Crippen LogP contribution in [0.3, 0.4) is 0 Å². The van der Waals surface area contributed by atoms with Crippen LogP contribution in [0.25, 0.3) is 0 Å². The molecule has 1 unspecified atom stereocenters. The van der Waals surface area contributed by atoms with Crippen molar-refractivity contribution in [3.8, 4) is 0 Å². The van der Waals surface area contributed by atoms with Gasteiger partial charge in [-0.3, -0.25) is 0 Å². The Morgan fingerprint density at radius 1 is 1.47 bits per heavy atom. The van der Waals surface area contributed by atoms with Crippen LogP contribution in [0.2, 0.25) is 0 Å². The molecule has 2 nitrogen and oxygen atoms in total. The van der Waals surface area contributed by atoms with E-state index in [1.165, 1.54) is 4.88 Å². The van der Waals surface area contributed by atoms with E-state index in [2.05, 4.69) is 40.1 Å². The van der Waals surface area contributed by atoms with Crippen LogP contribution in [0, 0.1) is 6.92 Å². The summed E-state index contributed by atoms with van der Waals surface area (Å²) >= 11 is 3.47. The second-order valence-corrected chi connectivity index (χ2v) is 5.25. The molecule has 4 heteroatoms. The minimum absolute atomic E-state index is 0.399. The summed E-state index contributed by atoms with van der Waals surface area (Å²) in [6, 6.07) is 4.67. The molecular formula is C11H14N2S2. The maximum absolute atomic E-state index is 4.42. The normalized spacial score (nSPS) is 12.7. The van der Waals surface area contributed by atoms with Crippen LogP contribution < -0.4 is 5.32 Å². The van der Waals surface area contributed by atoms with Crippen molar-refractivity contribution < 1.29 is 0 Å². The van der Waals surface area contributed by atoms with E-state index in [4.69, 9.17) is 0 Å². The monoisotopic (exact) mass is 238 g/mol. The summed E-state index contributed by atoms with van der Waals surface area (Å²) in [7, 11) is 0. The summed E-state index contributed by atoms with van der Waals surface area (Å²) in [5, 5.41) is 8.68. The van der Waals surface area contributed by atoms with E-state index in [9.17, 15) is 0 Å². The molecule has 1 N–H and O–H groups in total. The van der Waals surface area contributed by atoms with E-state index in [0.29, 0.717) is 6.04 Å². The third kappa shape index (κ3) is 2.58. The van der Waals surface area contributed by atoms with Gasteiger partial charge in [-0.05, 0) is 24.8 Å². The molecule has 1 atom stereocenters. The highest BCUT2D eigenvalue weighted by atomic mass is 32.1. The lowest BCUT2D eigenvalue weighted by Gasteiger charge is -2.14. The van der Waals surface area contributed by atoms with E-state index < -0.39 is 0 Å². The number of anilines is 1. The van der Waals surface area contributed by atoms with Crippen molar-refractivity contribution in [3.63, 3.8) is 0 Å². The van der Waals surface area contributed by atoms with Crippen LogP contribution >= 0.6 is 22.7 Å². The number of nitrogens with zero attached hydrogens (tertiary/aromatic N) is 1. The van der Waals surface area contributed by atoms with Gasteiger partial charge in [0.1, 0.15) is 0 Å². The highest BCUT2D eigenvalue weighted by Gasteiger charge is 2.11. The van der Waals surface area contributed by atoms with Gasteiger partial charge in [0, 0.05) is 10.3 Å². The van der Waals surface area contributed by atoms with Gasteiger partial charge in [0.2, 0.25) is 0 Å². The molecule has 0 saturated carbocycles. The lowest BCUT2D eigenvalue weighted by Crippen LogP contribution is -2.07. The lowest BCUT2D eigenvalue weighted by molar-refractivity contribution is 0.762. The zero-order valence-corrected chi connectivity index (χ0v) is 10.5. The van der Waals surface area contributed by atoms with Crippen molar-refractivity contribution in [2.45, 2.75) is 26.3 Å². The first-order valence-electron chi connectivity index (χ1n) is 5.01. The van der Waals surface area contributed by atoms with Crippen molar-refractivity contribution >= 4 is 27.8 Å². The maximum atomic E-state index is 4.42. The van der Waals surface area contributed by atoms with Gasteiger partial charge < -0.3 is 5.32 Å². The molecule has 0 radical (unpaired) electrons. The third-order valence-corrected chi connectivity index (χ3v) is 4.09. The number of nitrogens with one attached hydrogen (secondary N) is 1. The molecule has 80 valence electrons. The van der Waals surface area contributed by atoms with Crippen LogP contribution in [0.15, 0.2) is 22.9 Å². The van der Waals surface area contributed by atoms with Gasteiger partial charge in [0.05, 0.1) is 11.7 Å². The van der Waals surface area contributed by atoms with E-state index in [1.807, 2.05) is 6.92 Å². The maximum Gasteiger partial charge on any atom is 0.183 e. The fourth-order valence-corrected chi connectivity index (χ4v) is 3.04. The van der Waals surface area contributed by atoms with Crippen molar-refractivity contribution in [2.75, 3.05) is 5.32 Å². The lowest BCUT2D eigenvalue weighted by atomic mass is 10.2. The zero-order valence-electron chi connectivity index (χ0n) is 8.86. The van der Waals surface area contributed by atoms with Crippen molar-refractivity contribution in [2.24, 2.45) is 0 Å². The molecular weight excluding hydrogens is 224 g/mol. The molecule has 0 aliphatic heterocycles. The highest BCUT2D eigenvalue weighted by Crippen LogP contribution is 2.27. The first-order valence-corrected chi connectivity index (χ1v) is 6.77. The van der Waals surface area contributed by atoms with Crippen LogP contribution in [0.1, 0.15) is 30.0 Å². The number of aromatic nitrogens is 1. The van der Waals surface area contributed by atoms with Crippen LogP contribution in [0.5, 0.6) is 0 Å². The summed E-state index contributed by atoms with van der Waals surface area (Å²) in [4.78, 5) is 5.80. The number of thiophene rings is 1. The standard InChI is InChI=1S/C11H14N2S2/c1-3-9(10-5-4-6-14-10)13-11-12-8(2)7-15-11/h4-7,9H,3H2,1-2H3,(H,12,13). The minimum Gasteiger partial charge on any atom is -0.354 e. The van der Waals surface area contributed by atoms with Gasteiger partial charge in [-0.1, -0.05) is 13.0 Å². The fraction of sp³-hybridized carbons (Fsp3) is 0.364. The van der Waals surface area contributed by atoms with Gasteiger partial charge in [-0.2, -0.15) is 0 Å². The van der Waals surface area contributed by atoms with E-state index in [1.54, 1.807) is 22.7 Å². The quantitative estimate of drug-likeness (QED) is 0.868. The smallest absolute Gasteiger partial charge is 0.183 e. The molecule has 2 heterocycles. The van der Waals surface area contributed by atoms with E-state index >= 15 is 0 Å². The molecule has 0 bridgehead atoms. The van der Waals surface area contributed by atoms with Gasteiger partial charge in [-0.25, -0.2) is 4.98 Å². The van der Waals surface area contributed by atoms with Crippen molar-refractivity contribution in [1.82, 2.24) is 4.98 Å². The van der Waals surface area contributed by atoms with Crippen molar-refractivity contribution in [3.05, 3.63) is 33.5 Å². The van der Waals surface area contributed by atoms with Gasteiger partial charge in [0.25, 0.3) is 0 Å². The minimum atomic E-state index is 0.399. The molecule has 2 rings (SSSR count). The zero-order chi connectivity index (χ0) is 10.7. The molecule has 2 aromatic rings. The Morgan fingerprint density at radius 2 is 2.33 bits per heavy atom. The fourth-order valence-electron chi connectivity index (χ4n) is 1.43. The topological polar surface area (TPSA) is 24.9 Å². The second-order valence-electron chi connectivity index (χ2n) is 3.41. The Bertz CT molecular complexity index is 406. The molecule has 0 saturated heterocycles. The average Bonchev–Trinajstić information content (AvgIpc) is 2.85. The van der Waals surface area contributed by atoms with Crippen LogP contribution in [-0.2, 0) is 0 Å². The van der Waals surface area contributed by atoms with Crippen LogP contribution in [-0.4, -0.2) is 4.98 Å². The molecule has 0 aromatic carbocycles. The second kappa shape index (κ2) is 4.77. The van der Waals surface area contributed by atoms with E-state index in [-0.39, 0.29) is 0 Å². The number of hydrogen-bond donors (Lipinski definition) is 1. The highest BCUT2D eigenvalue weighted by molar-refractivity contribution is 7.13. The molecule has 0 spiro atoms. The van der Waals surface area contributed by atoms with E-state index in [0.717, 1.165) is 17.2 Å². The summed E-state index contributed by atoms with van der Waals surface area (Å²) < 4.78 is 0. The third-order valence-electron chi connectivity index (χ3n) is 2.21. The Hall–Kier alpha value is -0.870. The molecule has 0 amide bonds. The number of aryl methyl sites for hydroxylation is 1. The Labute approximate surface area is 98.0 Å². The summed E-state index contributed by atoms with van der Waals surface area (Å²) in [6.45, 7) is 4.21. The number of rotatable bonds is 4. The Balaban J connectivity index is 2.09. The Morgan fingerprint density at radius 3 is 2.87 bits per heavy atom. The van der Waals surface area contributed by atoms with Gasteiger partial charge in [0.15, 0.2) is 5.13 Å². The summed E-state index contributed by atoms with van der Waals surface area (Å²) in [6.07, 6.45) is 1.08. The Kier molecular flexibility index (Phi) is 3.38. The predicted molar refractivity (Wildman–Crippen MR) is 67.8 cm³/mol. The first kappa shape index (κ1) is 10.6. The summed E-state index contributed by atoms with van der Waals surface area (Å²) in [5.74, 6) is 0. The SMILES string of the molecule is CCC(Nc1nc(C)cs1)c1cccs1. The number of thiazole rings is 1. The molecule has 0 aliphatic carbocycles. The summed E-state index contributed by atoms with van der Waals surface area (Å²) in [5.41, 5.74) is 1.09. The molecule has 0 aliphatic rings.